The highest BCUT2D eigenvalue weighted by Gasteiger charge is 2.15. The van der Waals surface area contributed by atoms with Crippen molar-refractivity contribution in [1.82, 2.24) is 0 Å². The fourth-order valence-electron chi connectivity index (χ4n) is 1.43. The molecule has 1 N–H and O–H groups in total. The van der Waals surface area contributed by atoms with Crippen LogP contribution in [-0.2, 0) is 0 Å². The number of nitrogens with zero attached hydrogens (tertiary/aromatic N) is 1. The van der Waals surface area contributed by atoms with Gasteiger partial charge in [-0.1, -0.05) is 11.6 Å². The Hall–Kier alpha value is -0.720. The molecule has 0 aromatic heterocycles. The molecule has 0 heterocycles. The maximum atomic E-state index is 8.88. The first kappa shape index (κ1) is 14.3. The topological polar surface area (TPSA) is 35.8 Å². The second kappa shape index (κ2) is 6.28. The van der Waals surface area contributed by atoms with Gasteiger partial charge in [-0.05, 0) is 60.8 Å². The average molecular weight is 316 g/mol. The second-order valence-corrected chi connectivity index (χ2v) is 5.92. The molecule has 0 spiro atoms. The van der Waals surface area contributed by atoms with E-state index in [2.05, 4.69) is 27.3 Å². The van der Waals surface area contributed by atoms with E-state index in [-0.39, 0.29) is 5.41 Å². The van der Waals surface area contributed by atoms with Crippen LogP contribution in [0.1, 0.15) is 26.7 Å². The number of nitriles is 1. The Morgan fingerprint density at radius 3 is 2.76 bits per heavy atom. The molecule has 17 heavy (non-hydrogen) atoms. The molecule has 0 aliphatic rings. The van der Waals surface area contributed by atoms with Crippen molar-refractivity contribution >= 4 is 33.2 Å². The highest BCUT2D eigenvalue weighted by molar-refractivity contribution is 9.10. The lowest BCUT2D eigenvalue weighted by Gasteiger charge is -2.15. The van der Waals surface area contributed by atoms with Gasteiger partial charge in [0.1, 0.15) is 0 Å². The zero-order valence-corrected chi connectivity index (χ0v) is 12.4. The van der Waals surface area contributed by atoms with Gasteiger partial charge in [-0.15, -0.1) is 0 Å². The molecule has 0 aliphatic carbocycles. The number of hydrogen-bond acceptors (Lipinski definition) is 2. The first-order valence-corrected chi connectivity index (χ1v) is 6.72. The van der Waals surface area contributed by atoms with Crippen molar-refractivity contribution in [3.05, 3.63) is 27.7 Å². The van der Waals surface area contributed by atoms with E-state index >= 15 is 0 Å². The van der Waals surface area contributed by atoms with Crippen LogP contribution in [0.2, 0.25) is 5.02 Å². The molecular weight excluding hydrogens is 300 g/mol. The van der Waals surface area contributed by atoms with Crippen molar-refractivity contribution < 1.29 is 0 Å². The fraction of sp³-hybridized carbons (Fsp3) is 0.462. The normalized spacial score (nSPS) is 11.0. The smallest absolute Gasteiger partial charge is 0.0683 e. The molecule has 0 unspecified atom stereocenters. The standard InChI is InChI=1S/C13H16BrClN2/c1-13(2,9-16)6-3-7-17-10-4-5-11(14)12(15)8-10/h4-5,8,17H,3,6-7H2,1-2H3. The van der Waals surface area contributed by atoms with Crippen LogP contribution in [0.3, 0.4) is 0 Å². The van der Waals surface area contributed by atoms with Gasteiger partial charge >= 0.3 is 0 Å². The summed E-state index contributed by atoms with van der Waals surface area (Å²) in [4.78, 5) is 0. The molecule has 0 saturated carbocycles. The van der Waals surface area contributed by atoms with Gasteiger partial charge in [0.2, 0.25) is 0 Å². The maximum Gasteiger partial charge on any atom is 0.0683 e. The molecule has 2 nitrogen and oxygen atoms in total. The van der Waals surface area contributed by atoms with Gasteiger partial charge in [0.15, 0.2) is 0 Å². The van der Waals surface area contributed by atoms with Gasteiger partial charge < -0.3 is 5.32 Å². The van der Waals surface area contributed by atoms with Crippen molar-refractivity contribution in [2.75, 3.05) is 11.9 Å². The van der Waals surface area contributed by atoms with E-state index in [0.29, 0.717) is 5.02 Å². The zero-order valence-electron chi connectivity index (χ0n) is 10.1. The summed E-state index contributed by atoms with van der Waals surface area (Å²) in [6.07, 6.45) is 1.86. The summed E-state index contributed by atoms with van der Waals surface area (Å²) in [6.45, 7) is 4.77. The van der Waals surface area contributed by atoms with E-state index < -0.39 is 0 Å². The maximum absolute atomic E-state index is 8.88. The molecule has 1 aromatic carbocycles. The Morgan fingerprint density at radius 1 is 1.47 bits per heavy atom. The van der Waals surface area contributed by atoms with Crippen molar-refractivity contribution in [1.29, 1.82) is 5.26 Å². The van der Waals surface area contributed by atoms with E-state index in [4.69, 9.17) is 16.9 Å². The highest BCUT2D eigenvalue weighted by Crippen LogP contribution is 2.26. The number of halogens is 2. The van der Waals surface area contributed by atoms with Gasteiger partial charge in [-0.25, -0.2) is 0 Å². The number of benzene rings is 1. The molecule has 1 rings (SSSR count). The van der Waals surface area contributed by atoms with Crippen LogP contribution in [0.4, 0.5) is 5.69 Å². The molecular formula is C13H16BrClN2. The molecule has 1 aromatic rings. The minimum absolute atomic E-state index is 0.237. The second-order valence-electron chi connectivity index (χ2n) is 4.65. The largest absolute Gasteiger partial charge is 0.385 e. The molecule has 92 valence electrons. The first-order chi connectivity index (χ1) is 7.94. The molecule has 0 bridgehead atoms. The number of nitrogens with one attached hydrogen (secondary N) is 1. The van der Waals surface area contributed by atoms with Crippen LogP contribution >= 0.6 is 27.5 Å². The third kappa shape index (κ3) is 4.97. The van der Waals surface area contributed by atoms with E-state index in [9.17, 15) is 0 Å². The zero-order chi connectivity index (χ0) is 12.9. The SMILES string of the molecule is CC(C)(C#N)CCCNc1ccc(Br)c(Cl)c1. The summed E-state index contributed by atoms with van der Waals surface area (Å²) in [6, 6.07) is 8.09. The predicted molar refractivity (Wildman–Crippen MR) is 76.3 cm³/mol. The molecule has 0 amide bonds. The molecule has 0 saturated heterocycles. The first-order valence-electron chi connectivity index (χ1n) is 5.55. The van der Waals surface area contributed by atoms with E-state index in [1.165, 1.54) is 0 Å². The van der Waals surface area contributed by atoms with Gasteiger partial charge in [-0.2, -0.15) is 5.26 Å². The minimum Gasteiger partial charge on any atom is -0.385 e. The van der Waals surface area contributed by atoms with Gasteiger partial charge in [0.25, 0.3) is 0 Å². The van der Waals surface area contributed by atoms with Crippen LogP contribution < -0.4 is 5.32 Å². The lowest BCUT2D eigenvalue weighted by molar-refractivity contribution is 0.441. The Bertz CT molecular complexity index is 424. The Morgan fingerprint density at radius 2 is 2.18 bits per heavy atom. The summed E-state index contributed by atoms with van der Waals surface area (Å²) in [5.41, 5.74) is 0.770. The molecule has 0 fully saturated rings. The minimum atomic E-state index is -0.237. The van der Waals surface area contributed by atoms with Gasteiger partial charge in [0.05, 0.1) is 16.5 Å². The summed E-state index contributed by atoms with van der Waals surface area (Å²) in [5, 5.41) is 12.9. The monoisotopic (exact) mass is 314 g/mol. The lowest BCUT2D eigenvalue weighted by Crippen LogP contribution is -2.11. The highest BCUT2D eigenvalue weighted by atomic mass is 79.9. The number of anilines is 1. The van der Waals surface area contributed by atoms with Crippen molar-refractivity contribution in [2.24, 2.45) is 5.41 Å². The van der Waals surface area contributed by atoms with E-state index in [1.807, 2.05) is 32.0 Å². The average Bonchev–Trinajstić information content (AvgIpc) is 2.29. The molecule has 0 radical (unpaired) electrons. The quantitative estimate of drug-likeness (QED) is 0.789. The molecule has 0 aliphatic heterocycles. The third-order valence-electron chi connectivity index (χ3n) is 2.53. The van der Waals surface area contributed by atoms with E-state index in [1.54, 1.807) is 0 Å². The predicted octanol–water partition coefficient (Wildman–Crippen LogP) is 4.84. The Balaban J connectivity index is 2.37. The Labute approximate surface area is 116 Å². The lowest BCUT2D eigenvalue weighted by atomic mass is 9.90. The molecule has 0 atom stereocenters. The number of rotatable bonds is 5. The summed E-state index contributed by atoms with van der Waals surface area (Å²) < 4.78 is 0.898. The van der Waals surface area contributed by atoms with E-state index in [0.717, 1.165) is 29.5 Å². The van der Waals surface area contributed by atoms with Crippen molar-refractivity contribution in [2.45, 2.75) is 26.7 Å². The van der Waals surface area contributed by atoms with Gasteiger partial charge in [-0.3, -0.25) is 0 Å². The van der Waals surface area contributed by atoms with Crippen LogP contribution in [-0.4, -0.2) is 6.54 Å². The molecule has 4 heteroatoms. The third-order valence-corrected chi connectivity index (χ3v) is 3.76. The fourth-order valence-corrected chi connectivity index (χ4v) is 1.85. The van der Waals surface area contributed by atoms with Crippen LogP contribution in [0.25, 0.3) is 0 Å². The summed E-state index contributed by atoms with van der Waals surface area (Å²) >= 11 is 9.34. The summed E-state index contributed by atoms with van der Waals surface area (Å²) in [5.74, 6) is 0. The van der Waals surface area contributed by atoms with Gasteiger partial charge in [0, 0.05) is 16.7 Å². The number of hydrogen-bond donors (Lipinski definition) is 1. The van der Waals surface area contributed by atoms with Crippen LogP contribution in [0.5, 0.6) is 0 Å². The van der Waals surface area contributed by atoms with Crippen LogP contribution in [0, 0.1) is 16.7 Å². The van der Waals surface area contributed by atoms with Crippen molar-refractivity contribution in [3.8, 4) is 6.07 Å². The van der Waals surface area contributed by atoms with Crippen LogP contribution in [0.15, 0.2) is 22.7 Å². The van der Waals surface area contributed by atoms with Crippen molar-refractivity contribution in [3.63, 3.8) is 0 Å². The Kier molecular flexibility index (Phi) is 5.30. The summed E-state index contributed by atoms with van der Waals surface area (Å²) in [7, 11) is 0.